The van der Waals surface area contributed by atoms with Gasteiger partial charge in [0, 0.05) is 20.5 Å². The van der Waals surface area contributed by atoms with Gasteiger partial charge >= 0.3 is 0 Å². The number of aryl methyl sites for hydroxylation is 1. The molecule has 112 valence electrons. The van der Waals surface area contributed by atoms with Crippen molar-refractivity contribution in [3.63, 3.8) is 0 Å². The third kappa shape index (κ3) is 3.17. The lowest BCUT2D eigenvalue weighted by Gasteiger charge is -2.17. The second kappa shape index (κ2) is 6.02. The van der Waals surface area contributed by atoms with E-state index in [0.29, 0.717) is 18.9 Å². The molecule has 3 rings (SSSR count). The summed E-state index contributed by atoms with van der Waals surface area (Å²) in [6.45, 7) is 2.43. The molecule has 0 aliphatic carbocycles. The molecular formula is C18H18N2O2. The number of aromatic nitrogens is 1. The van der Waals surface area contributed by atoms with Crippen molar-refractivity contribution in [2.75, 3.05) is 7.05 Å². The number of nitrogens with zero attached hydrogens (tertiary/aromatic N) is 2. The molecule has 4 nitrogen and oxygen atoms in total. The van der Waals surface area contributed by atoms with Gasteiger partial charge in [0.15, 0.2) is 11.5 Å². The number of rotatable bonds is 4. The highest BCUT2D eigenvalue weighted by molar-refractivity contribution is 5.81. The molecule has 22 heavy (non-hydrogen) atoms. The number of oxazole rings is 1. The fraction of sp³-hybridized carbons (Fsp3) is 0.222. The first-order chi connectivity index (χ1) is 10.6. The van der Waals surface area contributed by atoms with Crippen molar-refractivity contribution < 1.29 is 9.21 Å². The zero-order chi connectivity index (χ0) is 15.5. The highest BCUT2D eigenvalue weighted by atomic mass is 16.3. The Balaban J connectivity index is 1.69. The van der Waals surface area contributed by atoms with Crippen LogP contribution in [-0.2, 0) is 17.8 Å². The molecule has 0 saturated carbocycles. The maximum atomic E-state index is 12.3. The molecule has 0 atom stereocenters. The minimum atomic E-state index is 0.0865. The lowest BCUT2D eigenvalue weighted by Crippen LogP contribution is -2.27. The van der Waals surface area contributed by atoms with E-state index in [0.717, 1.165) is 22.2 Å². The Kier molecular flexibility index (Phi) is 3.92. The molecule has 4 heteroatoms. The summed E-state index contributed by atoms with van der Waals surface area (Å²) in [5.41, 5.74) is 3.63. The van der Waals surface area contributed by atoms with Gasteiger partial charge in [-0.05, 0) is 23.3 Å². The maximum absolute atomic E-state index is 12.3. The molecule has 0 N–H and O–H groups in total. The van der Waals surface area contributed by atoms with Gasteiger partial charge in [-0.3, -0.25) is 4.79 Å². The molecule has 0 aliphatic heterocycles. The van der Waals surface area contributed by atoms with Crippen LogP contribution in [0.3, 0.4) is 0 Å². The van der Waals surface area contributed by atoms with Gasteiger partial charge < -0.3 is 9.32 Å². The summed E-state index contributed by atoms with van der Waals surface area (Å²) in [5, 5.41) is 0. The second-order valence-corrected chi connectivity index (χ2v) is 5.45. The van der Waals surface area contributed by atoms with Gasteiger partial charge in [-0.2, -0.15) is 0 Å². The molecule has 0 saturated heterocycles. The summed E-state index contributed by atoms with van der Waals surface area (Å²) in [6.07, 6.45) is 0.366. The molecule has 0 radical (unpaired) electrons. The molecule has 0 aliphatic rings. The Labute approximate surface area is 129 Å². The average Bonchev–Trinajstić information content (AvgIpc) is 2.87. The van der Waals surface area contributed by atoms with E-state index in [4.69, 9.17) is 4.42 Å². The molecule has 1 aromatic heterocycles. The summed E-state index contributed by atoms with van der Waals surface area (Å²) < 4.78 is 5.45. The molecule has 0 unspecified atom stereocenters. The van der Waals surface area contributed by atoms with Crippen molar-refractivity contribution in [3.8, 4) is 0 Å². The first kappa shape index (κ1) is 14.3. The standard InChI is InChI=1S/C18H18N2O2/c1-13-19-16-10-15(8-9-17(16)22-13)11-18(21)20(2)12-14-6-4-3-5-7-14/h3-10H,11-12H2,1-2H3. The Morgan fingerprint density at radius 3 is 2.68 bits per heavy atom. The number of carbonyl (C=O) groups excluding carboxylic acids is 1. The van der Waals surface area contributed by atoms with Gasteiger partial charge in [0.2, 0.25) is 5.91 Å². The van der Waals surface area contributed by atoms with Crippen LogP contribution < -0.4 is 0 Å². The van der Waals surface area contributed by atoms with Crippen molar-refractivity contribution in [1.29, 1.82) is 0 Å². The summed E-state index contributed by atoms with van der Waals surface area (Å²) in [6, 6.07) is 15.7. The van der Waals surface area contributed by atoms with Crippen LogP contribution in [0.15, 0.2) is 52.9 Å². The van der Waals surface area contributed by atoms with E-state index in [1.807, 2.05) is 62.5 Å². The molecule has 3 aromatic rings. The quantitative estimate of drug-likeness (QED) is 0.741. The van der Waals surface area contributed by atoms with E-state index in [-0.39, 0.29) is 5.91 Å². The smallest absolute Gasteiger partial charge is 0.227 e. The minimum absolute atomic E-state index is 0.0865. The largest absolute Gasteiger partial charge is 0.441 e. The van der Waals surface area contributed by atoms with Crippen molar-refractivity contribution in [1.82, 2.24) is 9.88 Å². The maximum Gasteiger partial charge on any atom is 0.227 e. The van der Waals surface area contributed by atoms with Gasteiger partial charge in [-0.1, -0.05) is 36.4 Å². The van der Waals surface area contributed by atoms with Crippen LogP contribution in [0.4, 0.5) is 0 Å². The second-order valence-electron chi connectivity index (χ2n) is 5.45. The number of amides is 1. The third-order valence-corrected chi connectivity index (χ3v) is 3.60. The van der Waals surface area contributed by atoms with Gasteiger partial charge in [0.05, 0.1) is 6.42 Å². The Bertz CT molecular complexity index is 793. The minimum Gasteiger partial charge on any atom is -0.441 e. The van der Waals surface area contributed by atoms with Crippen LogP contribution in [0.1, 0.15) is 17.0 Å². The van der Waals surface area contributed by atoms with Crippen LogP contribution in [0.2, 0.25) is 0 Å². The average molecular weight is 294 g/mol. The summed E-state index contributed by atoms with van der Waals surface area (Å²) >= 11 is 0. The fourth-order valence-electron chi connectivity index (χ4n) is 2.45. The van der Waals surface area contributed by atoms with Crippen LogP contribution in [0, 0.1) is 6.92 Å². The summed E-state index contributed by atoms with van der Waals surface area (Å²) in [4.78, 5) is 18.4. The van der Waals surface area contributed by atoms with E-state index in [1.165, 1.54) is 0 Å². The SMILES string of the molecule is Cc1nc2cc(CC(=O)N(C)Cc3ccccc3)ccc2o1. The third-order valence-electron chi connectivity index (χ3n) is 3.60. The Morgan fingerprint density at radius 1 is 1.14 bits per heavy atom. The first-order valence-corrected chi connectivity index (χ1v) is 7.26. The Hall–Kier alpha value is -2.62. The number of fused-ring (bicyclic) bond motifs is 1. The van der Waals surface area contributed by atoms with Gasteiger partial charge in [0.1, 0.15) is 5.52 Å². The zero-order valence-corrected chi connectivity index (χ0v) is 12.7. The lowest BCUT2D eigenvalue weighted by molar-refractivity contribution is -0.129. The fourth-order valence-corrected chi connectivity index (χ4v) is 2.45. The number of carbonyl (C=O) groups is 1. The Morgan fingerprint density at radius 2 is 1.91 bits per heavy atom. The number of hydrogen-bond donors (Lipinski definition) is 0. The molecule has 0 spiro atoms. The molecule has 2 aromatic carbocycles. The first-order valence-electron chi connectivity index (χ1n) is 7.26. The van der Waals surface area contributed by atoms with Crippen LogP contribution in [0.5, 0.6) is 0 Å². The highest BCUT2D eigenvalue weighted by Crippen LogP contribution is 2.17. The molecule has 0 bridgehead atoms. The molecule has 1 amide bonds. The molecule has 1 heterocycles. The predicted molar refractivity (Wildman–Crippen MR) is 85.4 cm³/mol. The van der Waals surface area contributed by atoms with Crippen molar-refractivity contribution in [2.45, 2.75) is 19.9 Å². The van der Waals surface area contributed by atoms with E-state index in [2.05, 4.69) is 4.98 Å². The number of benzene rings is 2. The molecule has 0 fully saturated rings. The predicted octanol–water partition coefficient (Wildman–Crippen LogP) is 3.34. The van der Waals surface area contributed by atoms with E-state index in [9.17, 15) is 4.79 Å². The van der Waals surface area contributed by atoms with Crippen LogP contribution in [0.25, 0.3) is 11.1 Å². The topological polar surface area (TPSA) is 46.3 Å². The zero-order valence-electron chi connectivity index (χ0n) is 12.7. The van der Waals surface area contributed by atoms with E-state index >= 15 is 0 Å². The van der Waals surface area contributed by atoms with Crippen LogP contribution >= 0.6 is 0 Å². The van der Waals surface area contributed by atoms with E-state index in [1.54, 1.807) is 4.90 Å². The summed E-state index contributed by atoms with van der Waals surface area (Å²) in [7, 11) is 1.83. The number of likely N-dealkylation sites (N-methyl/N-ethyl adjacent to an activating group) is 1. The van der Waals surface area contributed by atoms with Crippen molar-refractivity contribution in [2.24, 2.45) is 0 Å². The number of hydrogen-bond acceptors (Lipinski definition) is 3. The van der Waals surface area contributed by atoms with Crippen molar-refractivity contribution >= 4 is 17.0 Å². The normalized spacial score (nSPS) is 10.8. The highest BCUT2D eigenvalue weighted by Gasteiger charge is 2.11. The van der Waals surface area contributed by atoms with E-state index < -0.39 is 0 Å². The van der Waals surface area contributed by atoms with Crippen LogP contribution in [-0.4, -0.2) is 22.8 Å². The van der Waals surface area contributed by atoms with Gasteiger partial charge in [-0.25, -0.2) is 4.98 Å². The summed E-state index contributed by atoms with van der Waals surface area (Å²) in [5.74, 6) is 0.725. The lowest BCUT2D eigenvalue weighted by atomic mass is 10.1. The van der Waals surface area contributed by atoms with Gasteiger partial charge in [-0.15, -0.1) is 0 Å². The van der Waals surface area contributed by atoms with Crippen molar-refractivity contribution in [3.05, 3.63) is 65.5 Å². The monoisotopic (exact) mass is 294 g/mol. The van der Waals surface area contributed by atoms with Gasteiger partial charge in [0.25, 0.3) is 0 Å². The molecular weight excluding hydrogens is 276 g/mol.